The molecule has 0 aliphatic heterocycles. The van der Waals surface area contributed by atoms with Crippen molar-refractivity contribution < 1.29 is 33.8 Å². The maximum Gasteiger partial charge on any atom is 0.422 e. The molecule has 0 atom stereocenters. The highest BCUT2D eigenvalue weighted by Gasteiger charge is 2.14. The Morgan fingerprint density at radius 1 is 1.08 bits per heavy atom. The van der Waals surface area contributed by atoms with Gasteiger partial charge >= 0.3 is 11.9 Å². The number of amides is 1. The van der Waals surface area contributed by atoms with Gasteiger partial charge in [0.25, 0.3) is 0 Å². The van der Waals surface area contributed by atoms with Gasteiger partial charge < -0.3 is 25.2 Å². The number of aliphatic carboxylic acids is 1. The van der Waals surface area contributed by atoms with Gasteiger partial charge in [0.15, 0.2) is 5.78 Å². The maximum atomic E-state index is 11.9. The second-order valence-electron chi connectivity index (χ2n) is 4.60. The third-order valence-corrected chi connectivity index (χ3v) is 2.75. The van der Waals surface area contributed by atoms with Crippen LogP contribution in [0.3, 0.4) is 0 Å². The van der Waals surface area contributed by atoms with Crippen LogP contribution in [0.5, 0.6) is 5.75 Å². The number of nitrogens with one attached hydrogen (secondary N) is 2. The molecular formula is C15H18N2O7. The molecule has 0 saturated heterocycles. The number of rotatable bonds is 9. The van der Waals surface area contributed by atoms with Crippen LogP contribution >= 0.6 is 0 Å². The summed E-state index contributed by atoms with van der Waals surface area (Å²) < 4.78 is 9.20. The van der Waals surface area contributed by atoms with Gasteiger partial charge in [-0.15, -0.1) is 0 Å². The van der Waals surface area contributed by atoms with Gasteiger partial charge in [0, 0.05) is 25.8 Å². The van der Waals surface area contributed by atoms with Crippen LogP contribution in [0.4, 0.5) is 0 Å². The van der Waals surface area contributed by atoms with Gasteiger partial charge in [-0.2, -0.15) is 0 Å². The Hall–Kier alpha value is -2.78. The zero-order valence-corrected chi connectivity index (χ0v) is 13.0. The molecule has 9 heteroatoms. The number of ketones is 1. The maximum absolute atomic E-state index is 11.9. The van der Waals surface area contributed by atoms with E-state index in [1.165, 1.54) is 31.4 Å². The number of benzene rings is 1. The average molecular weight is 338 g/mol. The van der Waals surface area contributed by atoms with Gasteiger partial charge in [0.1, 0.15) is 12.4 Å². The number of carbonyl (C=O) groups excluding carboxylic acids is 3. The zero-order chi connectivity index (χ0) is 17.9. The SMILES string of the molecule is COCC(=O)NCCNCC(=O)c1ccc(OC(=O)C(=O)O)cc1. The molecule has 9 nitrogen and oxygen atoms in total. The Balaban J connectivity index is 2.34. The minimum absolute atomic E-state index is 0.0161. The lowest BCUT2D eigenvalue weighted by Crippen LogP contribution is -2.35. The highest BCUT2D eigenvalue weighted by atomic mass is 16.6. The quantitative estimate of drug-likeness (QED) is 0.176. The number of esters is 1. The lowest BCUT2D eigenvalue weighted by molar-refractivity contribution is -0.158. The van der Waals surface area contributed by atoms with Crippen molar-refractivity contribution in [3.63, 3.8) is 0 Å². The zero-order valence-electron chi connectivity index (χ0n) is 13.0. The number of hydrogen-bond donors (Lipinski definition) is 3. The van der Waals surface area contributed by atoms with Crippen molar-refractivity contribution in [3.05, 3.63) is 29.8 Å². The summed E-state index contributed by atoms with van der Waals surface area (Å²) in [6.45, 7) is 0.821. The van der Waals surface area contributed by atoms with E-state index >= 15 is 0 Å². The van der Waals surface area contributed by atoms with Crippen molar-refractivity contribution in [1.29, 1.82) is 0 Å². The summed E-state index contributed by atoms with van der Waals surface area (Å²) in [6.07, 6.45) is 0. The average Bonchev–Trinajstić information content (AvgIpc) is 2.55. The molecule has 3 N–H and O–H groups in total. The van der Waals surface area contributed by atoms with E-state index in [1.807, 2.05) is 0 Å². The predicted octanol–water partition coefficient (Wildman–Crippen LogP) is -0.788. The third kappa shape index (κ3) is 6.99. The lowest BCUT2D eigenvalue weighted by Gasteiger charge is -2.07. The van der Waals surface area contributed by atoms with E-state index < -0.39 is 11.9 Å². The van der Waals surface area contributed by atoms with Gasteiger partial charge in [-0.25, -0.2) is 9.59 Å². The molecule has 1 aromatic rings. The Bertz CT molecular complexity index is 598. The molecule has 1 amide bonds. The molecule has 0 saturated carbocycles. The Labute approximate surface area is 137 Å². The fourth-order valence-electron chi connectivity index (χ4n) is 1.64. The summed E-state index contributed by atoms with van der Waals surface area (Å²) in [4.78, 5) is 44.3. The normalized spacial score (nSPS) is 10.0. The van der Waals surface area contributed by atoms with Crippen LogP contribution in [-0.4, -0.2) is 62.1 Å². The van der Waals surface area contributed by atoms with Gasteiger partial charge in [-0.1, -0.05) is 0 Å². The first-order valence-electron chi connectivity index (χ1n) is 6.98. The summed E-state index contributed by atoms with van der Waals surface area (Å²) in [5.74, 6) is -3.50. The standard InChI is InChI=1S/C15H18N2O7/c1-23-9-13(19)17-7-6-16-8-12(18)10-2-4-11(5-3-10)24-15(22)14(20)21/h2-5,16H,6-9H2,1H3,(H,17,19)(H,20,21). The van der Waals surface area contributed by atoms with Crippen molar-refractivity contribution in [2.45, 2.75) is 0 Å². The van der Waals surface area contributed by atoms with Crippen molar-refractivity contribution in [3.8, 4) is 5.75 Å². The van der Waals surface area contributed by atoms with Crippen molar-refractivity contribution in [2.75, 3.05) is 33.4 Å². The van der Waals surface area contributed by atoms with E-state index in [2.05, 4.69) is 20.1 Å². The summed E-state index contributed by atoms with van der Waals surface area (Å²) in [7, 11) is 1.42. The minimum atomic E-state index is -1.70. The van der Waals surface area contributed by atoms with Gasteiger partial charge in [0.2, 0.25) is 5.91 Å². The molecule has 0 aliphatic carbocycles. The van der Waals surface area contributed by atoms with Crippen molar-refractivity contribution in [1.82, 2.24) is 10.6 Å². The van der Waals surface area contributed by atoms with E-state index in [1.54, 1.807) is 0 Å². The molecule has 0 spiro atoms. The van der Waals surface area contributed by atoms with E-state index in [0.717, 1.165) is 0 Å². The highest BCUT2D eigenvalue weighted by Crippen LogP contribution is 2.12. The fourth-order valence-corrected chi connectivity index (χ4v) is 1.64. The Kier molecular flexibility index (Phi) is 8.09. The highest BCUT2D eigenvalue weighted by molar-refractivity contribution is 6.29. The molecule has 0 unspecified atom stereocenters. The van der Waals surface area contributed by atoms with Crippen LogP contribution in [0.1, 0.15) is 10.4 Å². The summed E-state index contributed by atoms with van der Waals surface area (Å²) in [5, 5.41) is 13.9. The lowest BCUT2D eigenvalue weighted by atomic mass is 10.1. The van der Waals surface area contributed by atoms with E-state index in [-0.39, 0.29) is 30.6 Å². The van der Waals surface area contributed by atoms with E-state index in [0.29, 0.717) is 18.7 Å². The topological polar surface area (TPSA) is 131 Å². The smallest absolute Gasteiger partial charge is 0.422 e. The van der Waals surface area contributed by atoms with Crippen LogP contribution in [0.25, 0.3) is 0 Å². The molecular weight excluding hydrogens is 320 g/mol. The summed E-state index contributed by atoms with van der Waals surface area (Å²) in [5.41, 5.74) is 0.376. The summed E-state index contributed by atoms with van der Waals surface area (Å²) >= 11 is 0. The molecule has 1 aromatic carbocycles. The number of carbonyl (C=O) groups is 4. The number of carboxylic acid groups (broad SMARTS) is 1. The molecule has 130 valence electrons. The molecule has 0 fully saturated rings. The third-order valence-electron chi connectivity index (χ3n) is 2.75. The van der Waals surface area contributed by atoms with Gasteiger partial charge in [-0.3, -0.25) is 9.59 Å². The molecule has 1 rings (SSSR count). The van der Waals surface area contributed by atoms with E-state index in [4.69, 9.17) is 5.11 Å². The second-order valence-corrected chi connectivity index (χ2v) is 4.60. The first-order valence-corrected chi connectivity index (χ1v) is 6.98. The molecule has 24 heavy (non-hydrogen) atoms. The summed E-state index contributed by atoms with van der Waals surface area (Å²) in [6, 6.07) is 5.52. The number of Topliss-reactive ketones (excluding diaryl/α,β-unsaturated/α-hetero) is 1. The fraction of sp³-hybridized carbons (Fsp3) is 0.333. The molecule has 0 aliphatic rings. The van der Waals surface area contributed by atoms with Crippen LogP contribution in [-0.2, 0) is 19.1 Å². The van der Waals surface area contributed by atoms with Crippen LogP contribution in [0, 0.1) is 0 Å². The minimum Gasteiger partial charge on any atom is -0.473 e. The monoisotopic (exact) mass is 338 g/mol. The van der Waals surface area contributed by atoms with Crippen molar-refractivity contribution >= 4 is 23.6 Å². The van der Waals surface area contributed by atoms with E-state index in [9.17, 15) is 19.2 Å². The number of methoxy groups -OCH3 is 1. The van der Waals surface area contributed by atoms with Crippen LogP contribution < -0.4 is 15.4 Å². The largest absolute Gasteiger partial charge is 0.473 e. The first-order chi connectivity index (χ1) is 11.4. The predicted molar refractivity (Wildman–Crippen MR) is 81.8 cm³/mol. The van der Waals surface area contributed by atoms with Gasteiger partial charge in [0.05, 0.1) is 6.54 Å². The molecule has 0 heterocycles. The molecule has 0 aromatic heterocycles. The first kappa shape index (κ1) is 19.3. The number of carboxylic acids is 1. The Morgan fingerprint density at radius 2 is 1.75 bits per heavy atom. The molecule has 0 radical (unpaired) electrons. The molecule has 0 bridgehead atoms. The van der Waals surface area contributed by atoms with Crippen LogP contribution in [0.15, 0.2) is 24.3 Å². The second kappa shape index (κ2) is 10.1. The van der Waals surface area contributed by atoms with Crippen LogP contribution in [0.2, 0.25) is 0 Å². The number of ether oxygens (including phenoxy) is 2. The van der Waals surface area contributed by atoms with Crippen molar-refractivity contribution in [2.24, 2.45) is 0 Å². The number of hydrogen-bond acceptors (Lipinski definition) is 7. The van der Waals surface area contributed by atoms with Gasteiger partial charge in [-0.05, 0) is 24.3 Å². The Morgan fingerprint density at radius 3 is 2.33 bits per heavy atom.